The van der Waals surface area contributed by atoms with Gasteiger partial charge in [0.25, 0.3) is 0 Å². The van der Waals surface area contributed by atoms with Crippen molar-refractivity contribution in [1.29, 1.82) is 0 Å². The number of thioether (sulfide) groups is 1. The van der Waals surface area contributed by atoms with Gasteiger partial charge in [-0.25, -0.2) is 14.7 Å². The molecule has 4 heterocycles. The largest absolute Gasteiger partial charge is 0.491 e. The van der Waals surface area contributed by atoms with E-state index in [9.17, 15) is 0 Å². The van der Waals surface area contributed by atoms with E-state index in [-0.39, 0.29) is 18.1 Å². The molecule has 0 N–H and O–H groups in total. The number of amidine groups is 1. The average molecular weight is 753 g/mol. The van der Waals surface area contributed by atoms with E-state index < -0.39 is 5.79 Å². The van der Waals surface area contributed by atoms with E-state index in [1.54, 1.807) is 42.0 Å². The van der Waals surface area contributed by atoms with Crippen molar-refractivity contribution >= 4 is 57.2 Å². The first kappa shape index (κ1) is 35.9. The summed E-state index contributed by atoms with van der Waals surface area (Å²) in [4.78, 5) is 16.2. The normalized spacial score (nSPS) is 23.7. The summed E-state index contributed by atoms with van der Waals surface area (Å²) in [7, 11) is 1.77. The molecule has 3 aliphatic rings. The van der Waals surface area contributed by atoms with Gasteiger partial charge in [-0.2, -0.15) is 5.10 Å². The molecular formula is C37H43Cl2N7O4S. The molecule has 1 aromatic heterocycles. The number of hydrogen-bond acceptors (Lipinski definition) is 10. The van der Waals surface area contributed by atoms with Gasteiger partial charge in [0, 0.05) is 61.3 Å². The third kappa shape index (κ3) is 8.27. The SMILES string of the molecule is CCC(C)N1CC(OC)SC1=Nc1ccc(N2CCN(c3ccc(OCC4COC(Cn5cncn5)(c5ccc(Cl)cc5Cl)O4)cc3)CC2)cc1. The fourth-order valence-electron chi connectivity index (χ4n) is 6.56. The number of halogens is 2. The van der Waals surface area contributed by atoms with Gasteiger partial charge in [0.15, 0.2) is 5.17 Å². The second-order valence-corrected chi connectivity index (χ2v) is 14.9. The number of nitrogens with zero attached hydrogens (tertiary/aromatic N) is 7. The maximum absolute atomic E-state index is 6.60. The highest BCUT2D eigenvalue weighted by atomic mass is 35.5. The number of aliphatic imine (C=N–C) groups is 1. The summed E-state index contributed by atoms with van der Waals surface area (Å²) in [6, 6.07) is 22.6. The van der Waals surface area contributed by atoms with Crippen molar-refractivity contribution in [2.75, 3.05) is 62.8 Å². The summed E-state index contributed by atoms with van der Waals surface area (Å²) in [6.45, 7) is 9.98. The number of anilines is 2. The van der Waals surface area contributed by atoms with Crippen molar-refractivity contribution in [2.45, 2.75) is 50.2 Å². The first-order valence-electron chi connectivity index (χ1n) is 17.3. The average Bonchev–Trinajstić information content (AvgIpc) is 3.92. The van der Waals surface area contributed by atoms with Gasteiger partial charge in [-0.3, -0.25) is 0 Å². The van der Waals surface area contributed by atoms with Crippen molar-refractivity contribution in [3.8, 4) is 5.75 Å². The van der Waals surface area contributed by atoms with Crippen LogP contribution in [-0.2, 0) is 26.5 Å². The molecule has 4 atom stereocenters. The molecular weight excluding hydrogens is 709 g/mol. The summed E-state index contributed by atoms with van der Waals surface area (Å²) in [5.74, 6) is -0.381. The minimum absolute atomic E-state index is 0.124. The Bertz CT molecular complexity index is 1770. The Morgan fingerprint density at radius 3 is 2.33 bits per heavy atom. The summed E-state index contributed by atoms with van der Waals surface area (Å²) in [6.07, 6.45) is 3.84. The van der Waals surface area contributed by atoms with Gasteiger partial charge in [0.05, 0.1) is 23.9 Å². The van der Waals surface area contributed by atoms with Crippen LogP contribution in [0.25, 0.3) is 0 Å². The van der Waals surface area contributed by atoms with Crippen molar-refractivity contribution in [1.82, 2.24) is 19.7 Å². The first-order valence-corrected chi connectivity index (χ1v) is 18.9. The Kier molecular flexibility index (Phi) is 11.3. The highest BCUT2D eigenvalue weighted by molar-refractivity contribution is 8.14. The highest BCUT2D eigenvalue weighted by Gasteiger charge is 2.45. The number of hydrogen-bond donors (Lipinski definition) is 0. The van der Waals surface area contributed by atoms with E-state index in [4.69, 9.17) is 47.1 Å². The van der Waals surface area contributed by atoms with Crippen LogP contribution < -0.4 is 14.5 Å². The van der Waals surface area contributed by atoms with Crippen molar-refractivity contribution in [3.63, 3.8) is 0 Å². The number of rotatable bonds is 12. The van der Waals surface area contributed by atoms with E-state index in [2.05, 4.69) is 75.0 Å². The van der Waals surface area contributed by atoms with E-state index in [0.717, 1.165) is 55.7 Å². The maximum Gasteiger partial charge on any atom is 0.217 e. The van der Waals surface area contributed by atoms with Crippen LogP contribution in [-0.4, -0.2) is 95.5 Å². The minimum atomic E-state index is -1.15. The van der Waals surface area contributed by atoms with Crippen LogP contribution in [0.1, 0.15) is 25.8 Å². The number of piperazine rings is 1. The molecule has 51 heavy (non-hydrogen) atoms. The fraction of sp³-hybridized carbons (Fsp3) is 0.432. The molecule has 14 heteroatoms. The monoisotopic (exact) mass is 751 g/mol. The van der Waals surface area contributed by atoms with Crippen LogP contribution in [0.3, 0.4) is 0 Å². The molecule has 0 saturated carbocycles. The van der Waals surface area contributed by atoms with E-state index in [1.807, 2.05) is 18.2 Å². The highest BCUT2D eigenvalue weighted by Crippen LogP contribution is 2.40. The molecule has 4 unspecified atom stereocenters. The molecule has 3 fully saturated rings. The Morgan fingerprint density at radius 1 is 1.00 bits per heavy atom. The van der Waals surface area contributed by atoms with Crippen LogP contribution in [0, 0.1) is 0 Å². The van der Waals surface area contributed by atoms with Crippen LogP contribution in [0.5, 0.6) is 5.75 Å². The van der Waals surface area contributed by atoms with Gasteiger partial charge < -0.3 is 33.6 Å². The smallest absolute Gasteiger partial charge is 0.217 e. The standard InChI is InChI=1S/C37H43Cl2N7O4S/c1-4-26(2)46-20-35(47-3)51-36(46)42-28-6-8-29(9-7-28)43-15-17-44(18-16-43)30-10-12-31(13-11-30)48-21-32-22-49-37(50-32,23-45-25-40-24-41-45)33-14-5-27(38)19-34(33)39/h5-14,19,24-26,32,35H,4,15-18,20-23H2,1-3H3. The van der Waals surface area contributed by atoms with Gasteiger partial charge in [0.1, 0.15) is 43.1 Å². The molecule has 3 saturated heterocycles. The first-order chi connectivity index (χ1) is 24.8. The quantitative estimate of drug-likeness (QED) is 0.150. The second kappa shape index (κ2) is 16.0. The summed E-state index contributed by atoms with van der Waals surface area (Å²) in [5.41, 5.74) is 4.16. The molecule has 11 nitrogen and oxygen atoms in total. The molecule has 3 aromatic carbocycles. The minimum Gasteiger partial charge on any atom is -0.491 e. The molecule has 0 radical (unpaired) electrons. The zero-order chi connectivity index (χ0) is 35.4. The van der Waals surface area contributed by atoms with Crippen molar-refractivity contribution in [2.24, 2.45) is 4.99 Å². The molecule has 3 aliphatic heterocycles. The van der Waals surface area contributed by atoms with Crippen LogP contribution in [0.15, 0.2) is 84.4 Å². The molecule has 0 spiro atoms. The van der Waals surface area contributed by atoms with E-state index >= 15 is 0 Å². The molecule has 0 aliphatic carbocycles. The fourth-order valence-corrected chi connectivity index (χ4v) is 8.23. The Morgan fingerprint density at radius 2 is 1.71 bits per heavy atom. The predicted molar refractivity (Wildman–Crippen MR) is 204 cm³/mol. The van der Waals surface area contributed by atoms with E-state index in [1.165, 1.54) is 17.7 Å². The summed E-state index contributed by atoms with van der Waals surface area (Å²) >= 11 is 14.5. The van der Waals surface area contributed by atoms with Gasteiger partial charge >= 0.3 is 0 Å². The molecule has 4 aromatic rings. The van der Waals surface area contributed by atoms with Gasteiger partial charge in [-0.05, 0) is 74.0 Å². The van der Waals surface area contributed by atoms with E-state index in [0.29, 0.717) is 34.9 Å². The zero-order valence-corrected chi connectivity index (χ0v) is 31.4. The third-order valence-corrected chi connectivity index (χ3v) is 11.3. The molecule has 0 bridgehead atoms. The summed E-state index contributed by atoms with van der Waals surface area (Å²) < 4.78 is 26.2. The van der Waals surface area contributed by atoms with Crippen LogP contribution >= 0.6 is 35.0 Å². The lowest BCUT2D eigenvalue weighted by Gasteiger charge is -2.37. The zero-order valence-electron chi connectivity index (χ0n) is 29.0. The maximum atomic E-state index is 6.60. The van der Waals surface area contributed by atoms with Crippen LogP contribution in [0.2, 0.25) is 10.0 Å². The Hall–Kier alpha value is -3.52. The molecule has 0 amide bonds. The Labute approximate surface area is 313 Å². The lowest BCUT2D eigenvalue weighted by Crippen LogP contribution is -2.46. The molecule has 270 valence electrons. The number of ether oxygens (including phenoxy) is 4. The lowest BCUT2D eigenvalue weighted by molar-refractivity contribution is -0.190. The topological polar surface area (TPSA) is 89.7 Å². The third-order valence-electron chi connectivity index (χ3n) is 9.61. The number of aromatic nitrogens is 3. The number of methoxy groups -OCH3 is 1. The van der Waals surface area contributed by atoms with Crippen molar-refractivity contribution in [3.05, 3.63) is 95.0 Å². The molecule has 7 rings (SSSR count). The number of benzene rings is 3. The lowest BCUT2D eigenvalue weighted by atomic mass is 10.1. The van der Waals surface area contributed by atoms with Gasteiger partial charge in [0.2, 0.25) is 5.79 Å². The second-order valence-electron chi connectivity index (χ2n) is 12.9. The van der Waals surface area contributed by atoms with Crippen LogP contribution in [0.4, 0.5) is 17.1 Å². The summed E-state index contributed by atoms with van der Waals surface area (Å²) in [5, 5.41) is 6.27. The van der Waals surface area contributed by atoms with Gasteiger partial charge in [-0.1, -0.05) is 48.0 Å². The van der Waals surface area contributed by atoms with Gasteiger partial charge in [-0.15, -0.1) is 0 Å². The Balaban J connectivity index is 0.912. The van der Waals surface area contributed by atoms with Crippen molar-refractivity contribution < 1.29 is 18.9 Å². The predicted octanol–water partition coefficient (Wildman–Crippen LogP) is 7.07.